The first kappa shape index (κ1) is 18.4. The molecule has 3 aromatic rings. The molecule has 0 aliphatic heterocycles. The Balaban J connectivity index is 1.45. The molecule has 0 atom stereocenters. The van der Waals surface area contributed by atoms with E-state index < -0.39 is 17.5 Å². The lowest BCUT2D eigenvalue weighted by molar-refractivity contribution is -0.116. The molecule has 27 heavy (non-hydrogen) atoms. The van der Waals surface area contributed by atoms with Gasteiger partial charge in [-0.2, -0.15) is 0 Å². The Bertz CT molecular complexity index is 992. The predicted molar refractivity (Wildman–Crippen MR) is 98.3 cm³/mol. The van der Waals surface area contributed by atoms with E-state index in [0.717, 1.165) is 23.0 Å². The second kappa shape index (κ2) is 8.35. The van der Waals surface area contributed by atoms with Crippen LogP contribution in [-0.2, 0) is 4.79 Å². The van der Waals surface area contributed by atoms with Crippen LogP contribution in [0, 0.1) is 11.6 Å². The lowest BCUT2D eigenvalue weighted by Crippen LogP contribution is -2.26. The molecule has 0 spiro atoms. The average Bonchev–Trinajstić information content (AvgIpc) is 2.65. The van der Waals surface area contributed by atoms with E-state index in [2.05, 4.69) is 15.6 Å². The first-order chi connectivity index (χ1) is 13.0. The SMILES string of the molecule is O=C(CCCNC(=O)c1ccc(F)cc1F)Nc1cnc2ccccc2c1. The van der Waals surface area contributed by atoms with Crippen LogP contribution in [0.2, 0.25) is 0 Å². The van der Waals surface area contributed by atoms with E-state index in [9.17, 15) is 18.4 Å². The van der Waals surface area contributed by atoms with E-state index in [0.29, 0.717) is 18.2 Å². The Hall–Kier alpha value is -3.35. The molecular weight excluding hydrogens is 352 g/mol. The van der Waals surface area contributed by atoms with Gasteiger partial charge in [0.25, 0.3) is 5.91 Å². The highest BCUT2D eigenvalue weighted by Crippen LogP contribution is 2.16. The third kappa shape index (κ3) is 4.84. The Morgan fingerprint density at radius 2 is 1.85 bits per heavy atom. The number of amides is 2. The van der Waals surface area contributed by atoms with Gasteiger partial charge in [0.15, 0.2) is 0 Å². The summed E-state index contributed by atoms with van der Waals surface area (Å²) in [6.45, 7) is 0.193. The standard InChI is InChI=1S/C20H17F2N3O2/c21-14-7-8-16(17(22)11-14)20(27)23-9-3-6-19(26)25-15-10-13-4-1-2-5-18(13)24-12-15/h1-2,4-5,7-8,10-12H,3,6,9H2,(H,23,27)(H,25,26). The number of carbonyl (C=O) groups is 2. The van der Waals surface area contributed by atoms with Crippen molar-refractivity contribution in [1.29, 1.82) is 0 Å². The van der Waals surface area contributed by atoms with Crippen molar-refractivity contribution in [2.75, 3.05) is 11.9 Å². The van der Waals surface area contributed by atoms with Gasteiger partial charge in [0.1, 0.15) is 11.6 Å². The molecule has 0 fully saturated rings. The lowest BCUT2D eigenvalue weighted by Gasteiger charge is -2.08. The fourth-order valence-corrected chi connectivity index (χ4v) is 2.58. The molecule has 0 saturated carbocycles. The molecule has 5 nitrogen and oxygen atoms in total. The maximum Gasteiger partial charge on any atom is 0.254 e. The summed E-state index contributed by atoms with van der Waals surface area (Å²) in [5, 5.41) is 6.18. The molecule has 7 heteroatoms. The van der Waals surface area contributed by atoms with E-state index in [1.165, 1.54) is 0 Å². The number of hydrogen-bond acceptors (Lipinski definition) is 3. The number of carbonyl (C=O) groups excluding carboxylic acids is 2. The normalized spacial score (nSPS) is 10.6. The number of aromatic nitrogens is 1. The molecule has 2 aromatic carbocycles. The van der Waals surface area contributed by atoms with Crippen molar-refractivity contribution in [1.82, 2.24) is 10.3 Å². The van der Waals surface area contributed by atoms with Crippen LogP contribution in [0.25, 0.3) is 10.9 Å². The molecule has 2 N–H and O–H groups in total. The zero-order valence-electron chi connectivity index (χ0n) is 14.3. The molecule has 0 aliphatic rings. The molecule has 1 aromatic heterocycles. The number of pyridine rings is 1. The number of nitrogens with zero attached hydrogens (tertiary/aromatic N) is 1. The number of halogens is 2. The number of fused-ring (bicyclic) bond motifs is 1. The summed E-state index contributed by atoms with van der Waals surface area (Å²) in [5.74, 6) is -2.53. The molecular formula is C20H17F2N3O2. The summed E-state index contributed by atoms with van der Waals surface area (Å²) in [6.07, 6.45) is 2.14. The molecule has 1 heterocycles. The monoisotopic (exact) mass is 369 g/mol. The van der Waals surface area contributed by atoms with E-state index in [-0.39, 0.29) is 24.4 Å². The highest BCUT2D eigenvalue weighted by molar-refractivity contribution is 5.95. The summed E-state index contributed by atoms with van der Waals surface area (Å²) < 4.78 is 26.4. The van der Waals surface area contributed by atoms with Gasteiger partial charge in [-0.15, -0.1) is 0 Å². The fraction of sp³-hybridized carbons (Fsp3) is 0.150. The van der Waals surface area contributed by atoms with Crippen LogP contribution in [0.4, 0.5) is 14.5 Å². The van der Waals surface area contributed by atoms with Crippen LogP contribution >= 0.6 is 0 Å². The maximum absolute atomic E-state index is 13.5. The van der Waals surface area contributed by atoms with Gasteiger partial charge in [-0.25, -0.2) is 8.78 Å². The molecule has 0 radical (unpaired) electrons. The number of benzene rings is 2. The van der Waals surface area contributed by atoms with Gasteiger partial charge < -0.3 is 10.6 Å². The highest BCUT2D eigenvalue weighted by atomic mass is 19.1. The zero-order valence-corrected chi connectivity index (χ0v) is 14.3. The zero-order chi connectivity index (χ0) is 19.2. The van der Waals surface area contributed by atoms with Crippen molar-refractivity contribution < 1.29 is 18.4 Å². The van der Waals surface area contributed by atoms with Gasteiger partial charge in [-0.1, -0.05) is 18.2 Å². The van der Waals surface area contributed by atoms with Gasteiger partial charge in [0.05, 0.1) is 23.0 Å². The molecule has 2 amide bonds. The average molecular weight is 369 g/mol. The Morgan fingerprint density at radius 3 is 2.67 bits per heavy atom. The topological polar surface area (TPSA) is 71.1 Å². The minimum atomic E-state index is -0.922. The Labute approximate surface area is 154 Å². The molecule has 3 rings (SSSR count). The lowest BCUT2D eigenvalue weighted by atomic mass is 10.2. The van der Waals surface area contributed by atoms with E-state index in [1.807, 2.05) is 30.3 Å². The van der Waals surface area contributed by atoms with E-state index >= 15 is 0 Å². The molecule has 0 unspecified atom stereocenters. The smallest absolute Gasteiger partial charge is 0.254 e. The van der Waals surface area contributed by atoms with Gasteiger partial charge >= 0.3 is 0 Å². The maximum atomic E-state index is 13.5. The molecule has 0 aliphatic carbocycles. The van der Waals surface area contributed by atoms with Crippen molar-refractivity contribution >= 4 is 28.4 Å². The van der Waals surface area contributed by atoms with Crippen molar-refractivity contribution in [3.8, 4) is 0 Å². The van der Waals surface area contributed by atoms with Gasteiger partial charge in [-0.05, 0) is 30.7 Å². The van der Waals surface area contributed by atoms with Crippen LogP contribution in [0.5, 0.6) is 0 Å². The van der Waals surface area contributed by atoms with Crippen LogP contribution in [-0.4, -0.2) is 23.3 Å². The summed E-state index contributed by atoms with van der Waals surface area (Å²) >= 11 is 0. The number of hydrogen-bond donors (Lipinski definition) is 2. The van der Waals surface area contributed by atoms with Gasteiger partial charge in [-0.3, -0.25) is 14.6 Å². The van der Waals surface area contributed by atoms with Crippen molar-refractivity contribution in [2.45, 2.75) is 12.8 Å². The van der Waals surface area contributed by atoms with Crippen molar-refractivity contribution in [3.05, 3.63) is 71.9 Å². The largest absolute Gasteiger partial charge is 0.352 e. The van der Waals surface area contributed by atoms with Crippen LogP contribution < -0.4 is 10.6 Å². The number of nitrogens with one attached hydrogen (secondary N) is 2. The van der Waals surface area contributed by atoms with E-state index in [1.54, 1.807) is 6.20 Å². The van der Waals surface area contributed by atoms with Crippen molar-refractivity contribution in [3.63, 3.8) is 0 Å². The van der Waals surface area contributed by atoms with Crippen molar-refractivity contribution in [2.24, 2.45) is 0 Å². The minimum Gasteiger partial charge on any atom is -0.352 e. The van der Waals surface area contributed by atoms with Crippen LogP contribution in [0.15, 0.2) is 54.7 Å². The third-order valence-corrected chi connectivity index (χ3v) is 3.92. The summed E-state index contributed by atoms with van der Waals surface area (Å²) in [5.41, 5.74) is 1.20. The van der Waals surface area contributed by atoms with Crippen LogP contribution in [0.1, 0.15) is 23.2 Å². The Morgan fingerprint density at radius 1 is 1.04 bits per heavy atom. The first-order valence-corrected chi connectivity index (χ1v) is 8.41. The second-order valence-corrected chi connectivity index (χ2v) is 5.95. The molecule has 138 valence electrons. The highest BCUT2D eigenvalue weighted by Gasteiger charge is 2.12. The number of para-hydroxylation sites is 1. The number of rotatable bonds is 6. The van der Waals surface area contributed by atoms with Gasteiger partial charge in [0.2, 0.25) is 5.91 Å². The minimum absolute atomic E-state index is 0.180. The summed E-state index contributed by atoms with van der Waals surface area (Å²) in [7, 11) is 0. The predicted octanol–water partition coefficient (Wildman–Crippen LogP) is 3.66. The van der Waals surface area contributed by atoms with Crippen LogP contribution in [0.3, 0.4) is 0 Å². The third-order valence-electron chi connectivity index (χ3n) is 3.92. The quantitative estimate of drug-likeness (QED) is 0.652. The first-order valence-electron chi connectivity index (χ1n) is 8.41. The fourth-order valence-electron chi connectivity index (χ4n) is 2.58. The number of anilines is 1. The Kier molecular flexibility index (Phi) is 5.71. The summed E-state index contributed by atoms with van der Waals surface area (Å²) in [4.78, 5) is 28.1. The van der Waals surface area contributed by atoms with E-state index in [4.69, 9.17) is 0 Å². The summed E-state index contributed by atoms with van der Waals surface area (Å²) in [6, 6.07) is 12.2. The van der Waals surface area contributed by atoms with Gasteiger partial charge in [0, 0.05) is 24.4 Å². The molecule has 0 bridgehead atoms. The molecule has 0 saturated heterocycles. The second-order valence-electron chi connectivity index (χ2n) is 5.95.